The lowest BCUT2D eigenvalue weighted by Gasteiger charge is -2.44. The summed E-state index contributed by atoms with van der Waals surface area (Å²) in [5.74, 6) is 0. The monoisotopic (exact) mass is 368 g/mol. The zero-order valence-electron chi connectivity index (χ0n) is 13.3. The minimum Gasteiger partial charge on any atom is -0.398 e. The lowest BCUT2D eigenvalue weighted by molar-refractivity contribution is 0.500. The Morgan fingerprint density at radius 3 is 2.83 bits per heavy atom. The molecule has 0 spiro atoms. The number of benzene rings is 2. The van der Waals surface area contributed by atoms with Gasteiger partial charge in [0.1, 0.15) is 0 Å². The van der Waals surface area contributed by atoms with Gasteiger partial charge in [0.05, 0.1) is 11.7 Å². The number of para-hydroxylation sites is 1. The van der Waals surface area contributed by atoms with Crippen molar-refractivity contribution in [2.75, 3.05) is 4.90 Å². The van der Waals surface area contributed by atoms with Crippen LogP contribution in [0.3, 0.4) is 0 Å². The third kappa shape index (κ3) is 2.38. The van der Waals surface area contributed by atoms with Crippen molar-refractivity contribution >= 4 is 27.3 Å². The van der Waals surface area contributed by atoms with Crippen molar-refractivity contribution in [1.29, 1.82) is 0 Å². The molecule has 1 unspecified atom stereocenters. The molecule has 2 N–H and O–H groups in total. The zero-order valence-corrected chi connectivity index (χ0v) is 14.9. The Kier molecular flexibility index (Phi) is 3.68. The lowest BCUT2D eigenvalue weighted by Crippen LogP contribution is -2.40. The standard InChI is InChI=1S/C20H21BrN2/c1-13-12-18(22)16-9-5-10-17(21)20(16)23(13)19-11-4-7-14-6-2-3-8-15(14)19/h2-3,5-6,8-10,12-13,19H,4,7,11,22H2,1H3/t13?,19-/m1/s1. The van der Waals surface area contributed by atoms with Crippen molar-refractivity contribution in [3.05, 3.63) is 69.7 Å². The zero-order chi connectivity index (χ0) is 16.0. The van der Waals surface area contributed by atoms with E-state index in [1.807, 2.05) is 0 Å². The van der Waals surface area contributed by atoms with Crippen molar-refractivity contribution in [1.82, 2.24) is 0 Å². The first kappa shape index (κ1) is 14.8. The fraction of sp³-hybridized carbons (Fsp3) is 0.300. The summed E-state index contributed by atoms with van der Waals surface area (Å²) in [6.45, 7) is 2.24. The molecule has 118 valence electrons. The number of fused-ring (bicyclic) bond motifs is 2. The molecule has 2 aliphatic rings. The molecule has 4 rings (SSSR count). The van der Waals surface area contributed by atoms with Crippen molar-refractivity contribution in [2.45, 2.75) is 38.3 Å². The van der Waals surface area contributed by atoms with Crippen LogP contribution in [0.5, 0.6) is 0 Å². The molecule has 1 aliphatic carbocycles. The number of nitrogens with two attached hydrogens (primary N) is 1. The van der Waals surface area contributed by atoms with Gasteiger partial charge in [-0.25, -0.2) is 0 Å². The molecule has 2 atom stereocenters. The lowest BCUT2D eigenvalue weighted by atomic mass is 9.84. The highest BCUT2D eigenvalue weighted by molar-refractivity contribution is 9.10. The SMILES string of the molecule is CC1C=C(N)c2cccc(Br)c2N1[C@@H]1CCCc2ccccc21. The molecule has 0 radical (unpaired) electrons. The summed E-state index contributed by atoms with van der Waals surface area (Å²) >= 11 is 3.76. The van der Waals surface area contributed by atoms with Gasteiger partial charge in [-0.05, 0) is 65.4 Å². The third-order valence-corrected chi connectivity index (χ3v) is 5.73. The topological polar surface area (TPSA) is 29.3 Å². The van der Waals surface area contributed by atoms with Crippen molar-refractivity contribution in [3.63, 3.8) is 0 Å². The van der Waals surface area contributed by atoms with Crippen LogP contribution < -0.4 is 10.6 Å². The van der Waals surface area contributed by atoms with Crippen LogP contribution in [0.15, 0.2) is 53.0 Å². The van der Waals surface area contributed by atoms with Gasteiger partial charge in [-0.1, -0.05) is 36.4 Å². The third-order valence-electron chi connectivity index (χ3n) is 5.09. The fourth-order valence-corrected chi connectivity index (χ4v) is 4.67. The number of hydrogen-bond acceptors (Lipinski definition) is 2. The van der Waals surface area contributed by atoms with Crippen LogP contribution in [-0.4, -0.2) is 6.04 Å². The van der Waals surface area contributed by atoms with Crippen LogP contribution in [-0.2, 0) is 6.42 Å². The first-order valence-electron chi connectivity index (χ1n) is 8.29. The minimum absolute atomic E-state index is 0.289. The van der Waals surface area contributed by atoms with Crippen molar-refractivity contribution in [3.8, 4) is 0 Å². The van der Waals surface area contributed by atoms with Crippen LogP contribution in [0.25, 0.3) is 5.70 Å². The maximum Gasteiger partial charge on any atom is 0.0615 e. The Morgan fingerprint density at radius 1 is 1.13 bits per heavy atom. The summed E-state index contributed by atoms with van der Waals surface area (Å²) in [5, 5.41) is 0. The van der Waals surface area contributed by atoms with Crippen LogP contribution >= 0.6 is 15.9 Å². The first-order chi connectivity index (χ1) is 11.2. The highest BCUT2D eigenvalue weighted by atomic mass is 79.9. The van der Waals surface area contributed by atoms with E-state index in [2.05, 4.69) is 76.3 Å². The van der Waals surface area contributed by atoms with Gasteiger partial charge < -0.3 is 10.6 Å². The van der Waals surface area contributed by atoms with E-state index in [1.54, 1.807) is 0 Å². The molecular formula is C20H21BrN2. The summed E-state index contributed by atoms with van der Waals surface area (Å²) in [6, 6.07) is 15.9. The molecule has 0 amide bonds. The van der Waals surface area contributed by atoms with E-state index < -0.39 is 0 Å². The molecule has 1 aliphatic heterocycles. The summed E-state index contributed by atoms with van der Waals surface area (Å²) in [4.78, 5) is 2.55. The summed E-state index contributed by atoms with van der Waals surface area (Å²) < 4.78 is 1.13. The van der Waals surface area contributed by atoms with Gasteiger partial charge >= 0.3 is 0 Å². The largest absolute Gasteiger partial charge is 0.398 e. The smallest absolute Gasteiger partial charge is 0.0615 e. The van der Waals surface area contributed by atoms with Crippen molar-refractivity contribution in [2.24, 2.45) is 5.73 Å². The van der Waals surface area contributed by atoms with Gasteiger partial charge in [-0.3, -0.25) is 0 Å². The summed E-state index contributed by atoms with van der Waals surface area (Å²) in [7, 11) is 0. The van der Waals surface area contributed by atoms with E-state index in [9.17, 15) is 0 Å². The molecule has 0 saturated heterocycles. The predicted octanol–water partition coefficient (Wildman–Crippen LogP) is 5.03. The summed E-state index contributed by atoms with van der Waals surface area (Å²) in [6.07, 6.45) is 5.81. The molecule has 2 nitrogen and oxygen atoms in total. The normalized spacial score (nSPS) is 23.0. The second kappa shape index (κ2) is 5.72. The van der Waals surface area contributed by atoms with E-state index in [0.29, 0.717) is 6.04 Å². The Labute approximate surface area is 146 Å². The molecule has 2 aromatic rings. The Morgan fingerprint density at radius 2 is 1.96 bits per heavy atom. The molecule has 3 heteroatoms. The van der Waals surface area contributed by atoms with E-state index in [4.69, 9.17) is 5.73 Å². The number of rotatable bonds is 1. The highest BCUT2D eigenvalue weighted by Crippen LogP contribution is 2.45. The number of aryl methyl sites for hydroxylation is 1. The fourth-order valence-electron chi connectivity index (χ4n) is 4.10. The average molecular weight is 369 g/mol. The van der Waals surface area contributed by atoms with Gasteiger partial charge in [-0.15, -0.1) is 0 Å². The van der Waals surface area contributed by atoms with Gasteiger partial charge in [-0.2, -0.15) is 0 Å². The predicted molar refractivity (Wildman–Crippen MR) is 100 cm³/mol. The van der Waals surface area contributed by atoms with E-state index in [0.717, 1.165) is 15.7 Å². The molecule has 0 bridgehead atoms. The van der Waals surface area contributed by atoms with Crippen LogP contribution in [0.1, 0.15) is 42.5 Å². The summed E-state index contributed by atoms with van der Waals surface area (Å²) in [5.41, 5.74) is 12.5. The maximum atomic E-state index is 6.31. The van der Waals surface area contributed by atoms with Crippen LogP contribution in [0, 0.1) is 0 Å². The minimum atomic E-state index is 0.289. The molecule has 0 aromatic heterocycles. The first-order valence-corrected chi connectivity index (χ1v) is 9.08. The van der Waals surface area contributed by atoms with Crippen LogP contribution in [0.2, 0.25) is 0 Å². The maximum absolute atomic E-state index is 6.31. The van der Waals surface area contributed by atoms with E-state index in [1.165, 1.54) is 36.1 Å². The van der Waals surface area contributed by atoms with E-state index >= 15 is 0 Å². The molecule has 23 heavy (non-hydrogen) atoms. The second-order valence-electron chi connectivity index (χ2n) is 6.51. The Balaban J connectivity index is 1.88. The quantitative estimate of drug-likeness (QED) is 0.764. The number of halogens is 1. The molecule has 0 saturated carbocycles. The molecular weight excluding hydrogens is 348 g/mol. The second-order valence-corrected chi connectivity index (χ2v) is 7.37. The van der Waals surface area contributed by atoms with Crippen LogP contribution in [0.4, 0.5) is 5.69 Å². The van der Waals surface area contributed by atoms with Crippen molar-refractivity contribution < 1.29 is 0 Å². The highest BCUT2D eigenvalue weighted by Gasteiger charge is 2.33. The number of hydrogen-bond donors (Lipinski definition) is 1. The van der Waals surface area contributed by atoms with Gasteiger partial charge in [0.15, 0.2) is 0 Å². The van der Waals surface area contributed by atoms with Gasteiger partial charge in [0.2, 0.25) is 0 Å². The molecule has 1 heterocycles. The Hall–Kier alpha value is -1.74. The van der Waals surface area contributed by atoms with Gasteiger partial charge in [0.25, 0.3) is 0 Å². The number of anilines is 1. The average Bonchev–Trinajstić information content (AvgIpc) is 2.56. The Bertz CT molecular complexity index is 781. The molecule has 0 fully saturated rings. The number of nitrogens with zero attached hydrogens (tertiary/aromatic N) is 1. The van der Waals surface area contributed by atoms with Gasteiger partial charge in [0, 0.05) is 21.8 Å². The molecule has 2 aromatic carbocycles. The van der Waals surface area contributed by atoms with E-state index in [-0.39, 0.29) is 6.04 Å².